The summed E-state index contributed by atoms with van der Waals surface area (Å²) < 4.78 is 0. The van der Waals surface area contributed by atoms with Crippen LogP contribution in [0.5, 0.6) is 0 Å². The zero-order chi connectivity index (χ0) is 27.9. The Balaban J connectivity index is 1.70. The third-order valence-electron chi connectivity index (χ3n) is 5.74. The van der Waals surface area contributed by atoms with Gasteiger partial charge in [-0.05, 0) is 48.5 Å². The first kappa shape index (κ1) is 27.9. The van der Waals surface area contributed by atoms with E-state index in [9.17, 15) is 9.59 Å². The Hall–Kier alpha value is -3.68. The number of anilines is 2. The maximum atomic E-state index is 13.8. The molecule has 0 aliphatic heterocycles. The second-order valence-corrected chi connectivity index (χ2v) is 11.4. The lowest BCUT2D eigenvalue weighted by Gasteiger charge is -2.21. The van der Waals surface area contributed by atoms with Crippen LogP contribution in [0.4, 0.5) is 11.4 Å². The highest BCUT2D eigenvalue weighted by molar-refractivity contribution is 8.02. The lowest BCUT2D eigenvalue weighted by atomic mass is 10.0. The number of carbonyl (C=O) groups is 2. The largest absolute Gasteiger partial charge is 0.322 e. The van der Waals surface area contributed by atoms with Crippen molar-refractivity contribution in [1.29, 1.82) is 0 Å². The molecule has 4 nitrogen and oxygen atoms in total. The Bertz CT molecular complexity index is 1510. The highest BCUT2D eigenvalue weighted by Gasteiger charge is 2.31. The lowest BCUT2D eigenvalue weighted by molar-refractivity contribution is 0.0990. The number of hydrogen-bond acceptors (Lipinski definition) is 4. The topological polar surface area (TPSA) is 58.2 Å². The molecule has 5 rings (SSSR count). The summed E-state index contributed by atoms with van der Waals surface area (Å²) in [4.78, 5) is 30.6. The maximum Gasteiger partial charge on any atom is 0.258 e. The van der Waals surface area contributed by atoms with Crippen molar-refractivity contribution in [1.82, 2.24) is 0 Å². The van der Waals surface area contributed by atoms with Gasteiger partial charge in [0.1, 0.15) is 0 Å². The van der Waals surface area contributed by atoms with E-state index in [4.69, 9.17) is 23.2 Å². The summed E-state index contributed by atoms with van der Waals surface area (Å²) in [5, 5.41) is 6.02. The Labute approximate surface area is 251 Å². The van der Waals surface area contributed by atoms with Crippen LogP contribution in [-0.2, 0) is 0 Å². The van der Waals surface area contributed by atoms with E-state index < -0.39 is 11.8 Å². The molecular weight excluding hydrogens is 579 g/mol. The van der Waals surface area contributed by atoms with Crippen molar-refractivity contribution < 1.29 is 9.59 Å². The third kappa shape index (κ3) is 6.54. The highest BCUT2D eigenvalue weighted by atomic mass is 35.5. The smallest absolute Gasteiger partial charge is 0.258 e. The number of para-hydroxylation sites is 2. The van der Waals surface area contributed by atoms with Gasteiger partial charge in [-0.1, -0.05) is 120 Å². The first-order valence-electron chi connectivity index (χ1n) is 12.2. The minimum atomic E-state index is -0.539. The second-order valence-electron chi connectivity index (χ2n) is 8.51. The molecular formula is C32H22Cl2N2O2S2. The van der Waals surface area contributed by atoms with Crippen molar-refractivity contribution in [3.05, 3.63) is 142 Å². The van der Waals surface area contributed by atoms with Crippen molar-refractivity contribution in [2.45, 2.75) is 19.6 Å². The molecule has 8 heteroatoms. The first-order valence-corrected chi connectivity index (χ1v) is 14.6. The fraction of sp³-hybridized carbons (Fsp3) is 0. The highest BCUT2D eigenvalue weighted by Crippen LogP contribution is 2.49. The van der Waals surface area contributed by atoms with Crippen molar-refractivity contribution >= 4 is 69.9 Å². The zero-order valence-electron chi connectivity index (χ0n) is 20.9. The third-order valence-corrected chi connectivity index (χ3v) is 9.09. The number of rotatable bonds is 8. The van der Waals surface area contributed by atoms with Crippen LogP contribution in [0.25, 0.3) is 0 Å². The van der Waals surface area contributed by atoms with Crippen LogP contribution in [-0.4, -0.2) is 11.8 Å². The predicted molar refractivity (Wildman–Crippen MR) is 166 cm³/mol. The van der Waals surface area contributed by atoms with Crippen LogP contribution in [0.2, 0.25) is 10.0 Å². The van der Waals surface area contributed by atoms with Crippen LogP contribution in [0, 0.1) is 0 Å². The van der Waals surface area contributed by atoms with Gasteiger partial charge in [0.2, 0.25) is 0 Å². The Morgan fingerprint density at radius 2 is 0.775 bits per heavy atom. The van der Waals surface area contributed by atoms with Gasteiger partial charge in [-0.15, -0.1) is 0 Å². The molecule has 0 saturated carbocycles. The monoisotopic (exact) mass is 600 g/mol. The minimum Gasteiger partial charge on any atom is -0.322 e. The molecule has 0 spiro atoms. The zero-order valence-corrected chi connectivity index (χ0v) is 24.1. The average Bonchev–Trinajstić information content (AvgIpc) is 2.98. The van der Waals surface area contributed by atoms with Crippen LogP contribution in [0.3, 0.4) is 0 Å². The van der Waals surface area contributed by atoms with Gasteiger partial charge in [0, 0.05) is 31.0 Å². The first-order chi connectivity index (χ1) is 19.5. The van der Waals surface area contributed by atoms with Gasteiger partial charge in [0.25, 0.3) is 11.8 Å². The van der Waals surface area contributed by atoms with Crippen molar-refractivity contribution in [2.24, 2.45) is 0 Å². The molecule has 0 unspecified atom stereocenters. The van der Waals surface area contributed by atoms with Crippen molar-refractivity contribution in [2.75, 3.05) is 10.6 Å². The number of nitrogens with one attached hydrogen (secondary N) is 2. The molecule has 0 aliphatic carbocycles. The number of benzene rings is 5. The van der Waals surface area contributed by atoms with E-state index in [2.05, 4.69) is 10.6 Å². The summed E-state index contributed by atoms with van der Waals surface area (Å²) in [6, 6.07) is 37.3. The second kappa shape index (κ2) is 13.1. The minimum absolute atomic E-state index is 0.000191. The van der Waals surface area contributed by atoms with Crippen LogP contribution < -0.4 is 10.6 Å². The molecule has 2 N–H and O–H groups in total. The molecule has 2 amide bonds. The van der Waals surface area contributed by atoms with E-state index in [0.29, 0.717) is 21.2 Å². The molecule has 5 aromatic carbocycles. The molecule has 0 radical (unpaired) electrons. The van der Waals surface area contributed by atoms with Crippen molar-refractivity contribution in [3.8, 4) is 0 Å². The van der Waals surface area contributed by atoms with Gasteiger partial charge in [0.05, 0.1) is 21.2 Å². The van der Waals surface area contributed by atoms with Crippen LogP contribution >= 0.6 is 46.7 Å². The molecule has 198 valence electrons. The normalized spacial score (nSPS) is 10.7. The van der Waals surface area contributed by atoms with Crippen LogP contribution in [0.15, 0.2) is 141 Å². The lowest BCUT2D eigenvalue weighted by Crippen LogP contribution is -2.22. The predicted octanol–water partition coefficient (Wildman–Crippen LogP) is 9.80. The number of amides is 2. The van der Waals surface area contributed by atoms with Gasteiger partial charge in [-0.2, -0.15) is 0 Å². The van der Waals surface area contributed by atoms with Gasteiger partial charge >= 0.3 is 0 Å². The average molecular weight is 602 g/mol. The SMILES string of the molecule is O=C(Nc1ccccc1)c1c(Cl)c(Sc2ccccc2)c(Sc2ccccc2)c(Cl)c1C(=O)Nc1ccccc1. The molecule has 5 aromatic rings. The number of carbonyl (C=O) groups excluding carboxylic acids is 2. The number of hydrogen-bond donors (Lipinski definition) is 2. The molecule has 0 fully saturated rings. The van der Waals surface area contributed by atoms with Gasteiger partial charge in [-0.3, -0.25) is 9.59 Å². The van der Waals surface area contributed by atoms with E-state index in [1.54, 1.807) is 24.3 Å². The van der Waals surface area contributed by atoms with Crippen LogP contribution in [0.1, 0.15) is 20.7 Å². The van der Waals surface area contributed by atoms with E-state index in [1.165, 1.54) is 23.5 Å². The van der Waals surface area contributed by atoms with E-state index >= 15 is 0 Å². The molecule has 0 atom stereocenters. The molecule has 40 heavy (non-hydrogen) atoms. The van der Waals surface area contributed by atoms with E-state index in [-0.39, 0.29) is 21.2 Å². The van der Waals surface area contributed by atoms with Gasteiger partial charge < -0.3 is 10.6 Å². The Morgan fingerprint density at radius 1 is 0.475 bits per heavy atom. The van der Waals surface area contributed by atoms with Gasteiger partial charge in [0.15, 0.2) is 0 Å². The molecule has 0 saturated heterocycles. The summed E-state index contributed by atoms with van der Waals surface area (Å²) in [6.45, 7) is 0. The number of halogens is 2. The fourth-order valence-electron chi connectivity index (χ4n) is 3.90. The Kier molecular flexibility index (Phi) is 9.14. The summed E-state index contributed by atoms with van der Waals surface area (Å²) in [6.07, 6.45) is 0. The Morgan fingerprint density at radius 3 is 1.10 bits per heavy atom. The van der Waals surface area contributed by atoms with Crippen molar-refractivity contribution in [3.63, 3.8) is 0 Å². The maximum absolute atomic E-state index is 13.8. The summed E-state index contributed by atoms with van der Waals surface area (Å²) in [5.74, 6) is -1.08. The van der Waals surface area contributed by atoms with E-state index in [1.807, 2.05) is 97.1 Å². The summed E-state index contributed by atoms with van der Waals surface area (Å²) >= 11 is 16.9. The molecule has 0 aliphatic rings. The quantitative estimate of drug-likeness (QED) is 0.186. The fourth-order valence-corrected chi connectivity index (χ4v) is 6.87. The summed E-state index contributed by atoms with van der Waals surface area (Å²) in [5.41, 5.74) is 1.13. The molecule has 0 heterocycles. The van der Waals surface area contributed by atoms with Gasteiger partial charge in [-0.25, -0.2) is 0 Å². The molecule has 0 aromatic heterocycles. The van der Waals surface area contributed by atoms with E-state index in [0.717, 1.165) is 9.79 Å². The standard InChI is InChI=1S/C32H22Cl2N2O2S2/c33-27-25(31(37)35-21-13-5-1-6-14-21)26(32(38)36-22-15-7-2-8-16-22)28(34)30(40-24-19-11-4-12-20-24)29(27)39-23-17-9-3-10-18-23/h1-20H,(H,35,37)(H,36,38). The molecule has 0 bridgehead atoms. The summed E-state index contributed by atoms with van der Waals surface area (Å²) in [7, 11) is 0.